The maximum Gasteiger partial charge on any atom is 0.503 e. The molecule has 0 aromatic heterocycles. The van der Waals surface area contributed by atoms with Crippen molar-refractivity contribution in [3.8, 4) is 0 Å². The van der Waals surface area contributed by atoms with Crippen LogP contribution in [0.2, 0.25) is 0 Å². The van der Waals surface area contributed by atoms with E-state index in [2.05, 4.69) is 4.74 Å². The van der Waals surface area contributed by atoms with Crippen molar-refractivity contribution in [2.24, 2.45) is 0 Å². The Morgan fingerprint density at radius 1 is 1.31 bits per heavy atom. The molecule has 1 aliphatic rings. The van der Waals surface area contributed by atoms with Gasteiger partial charge in [0.15, 0.2) is 0 Å². The van der Waals surface area contributed by atoms with Gasteiger partial charge in [0.1, 0.15) is 0 Å². The highest BCUT2D eigenvalue weighted by molar-refractivity contribution is 6.58. The fourth-order valence-electron chi connectivity index (χ4n) is 1.27. The highest BCUT2D eigenvalue weighted by atomic mass is 19.4. The first-order valence-corrected chi connectivity index (χ1v) is 4.48. The van der Waals surface area contributed by atoms with E-state index >= 15 is 0 Å². The fourth-order valence-corrected chi connectivity index (χ4v) is 1.27. The van der Waals surface area contributed by atoms with Crippen LogP contribution in [0, 0.1) is 0 Å². The number of hydrogen-bond acceptors (Lipinski definition) is 2. The van der Waals surface area contributed by atoms with Crippen molar-refractivity contribution in [1.29, 1.82) is 0 Å². The molecule has 1 atom stereocenters. The maximum atomic E-state index is 11.7. The van der Waals surface area contributed by atoms with Crippen molar-refractivity contribution >= 4 is 6.98 Å². The molecule has 1 saturated heterocycles. The third kappa shape index (κ3) is 5.15. The minimum absolute atomic E-state index is 0.0707. The molecule has 0 saturated carbocycles. The van der Waals surface area contributed by atoms with E-state index in [0.29, 0.717) is 6.61 Å². The van der Waals surface area contributed by atoms with E-state index < -0.39 is 13.5 Å². The van der Waals surface area contributed by atoms with Crippen molar-refractivity contribution in [3.05, 3.63) is 0 Å². The Balaban J connectivity index is 2.04. The van der Waals surface area contributed by atoms with E-state index in [9.17, 15) is 12.9 Å². The number of ether oxygens (including phenoxy) is 2. The summed E-state index contributed by atoms with van der Waals surface area (Å²) in [6.07, 6.45) is 2.70. The van der Waals surface area contributed by atoms with Gasteiger partial charge in [0.25, 0.3) is 0 Å². The Bertz CT molecular complexity index is 145. The summed E-state index contributed by atoms with van der Waals surface area (Å²) in [5.41, 5.74) is 0. The van der Waals surface area contributed by atoms with Crippen LogP contribution in [-0.2, 0) is 9.47 Å². The highest BCUT2D eigenvalue weighted by Gasteiger charge is 2.24. The summed E-state index contributed by atoms with van der Waals surface area (Å²) in [6.45, 7) is -5.21. The average Bonchev–Trinajstić information content (AvgIpc) is 2.04. The van der Waals surface area contributed by atoms with Gasteiger partial charge in [0.05, 0.1) is 12.7 Å². The monoisotopic (exact) mass is 197 g/mol. The SMILES string of the molecule is F[B-](F)(F)COCC1CCCCO1. The lowest BCUT2D eigenvalue weighted by Crippen LogP contribution is -2.30. The lowest BCUT2D eigenvalue weighted by atomic mass is 9.95. The number of rotatable bonds is 4. The molecule has 1 fully saturated rings. The van der Waals surface area contributed by atoms with Crippen molar-refractivity contribution in [3.63, 3.8) is 0 Å². The molecule has 0 radical (unpaired) electrons. The molecular formula is C7H13BF3O2-. The molecule has 0 aromatic rings. The zero-order valence-electron chi connectivity index (χ0n) is 7.35. The molecule has 2 nitrogen and oxygen atoms in total. The summed E-state index contributed by atoms with van der Waals surface area (Å²) in [6, 6.07) is 0. The maximum absolute atomic E-state index is 11.7. The van der Waals surface area contributed by atoms with Gasteiger partial charge in [-0.3, -0.25) is 0 Å². The second kappa shape index (κ2) is 4.86. The van der Waals surface area contributed by atoms with Crippen LogP contribution < -0.4 is 0 Å². The van der Waals surface area contributed by atoms with Crippen LogP contribution in [0.4, 0.5) is 12.9 Å². The van der Waals surface area contributed by atoms with E-state index in [1.165, 1.54) is 0 Å². The first kappa shape index (κ1) is 10.9. The Hall–Kier alpha value is -0.225. The molecule has 0 aliphatic carbocycles. The second-order valence-electron chi connectivity index (χ2n) is 3.24. The van der Waals surface area contributed by atoms with E-state index in [-0.39, 0.29) is 12.7 Å². The van der Waals surface area contributed by atoms with Gasteiger partial charge in [-0.25, -0.2) is 0 Å². The van der Waals surface area contributed by atoms with Gasteiger partial charge in [0, 0.05) is 13.1 Å². The van der Waals surface area contributed by atoms with Gasteiger partial charge in [-0.15, -0.1) is 0 Å². The predicted molar refractivity (Wildman–Crippen MR) is 43.5 cm³/mol. The van der Waals surface area contributed by atoms with E-state index in [1.807, 2.05) is 0 Å². The van der Waals surface area contributed by atoms with Crippen molar-refractivity contribution in [1.82, 2.24) is 0 Å². The summed E-state index contributed by atoms with van der Waals surface area (Å²) >= 11 is 0. The molecule has 13 heavy (non-hydrogen) atoms. The topological polar surface area (TPSA) is 18.5 Å². The van der Waals surface area contributed by atoms with E-state index in [4.69, 9.17) is 4.74 Å². The summed E-state index contributed by atoms with van der Waals surface area (Å²) in [4.78, 5) is 0. The molecule has 0 spiro atoms. The van der Waals surface area contributed by atoms with Crippen LogP contribution in [-0.4, -0.2) is 32.8 Å². The second-order valence-corrected chi connectivity index (χ2v) is 3.24. The Labute approximate surface area is 75.5 Å². The smallest absolute Gasteiger partial charge is 0.447 e. The van der Waals surface area contributed by atoms with Crippen LogP contribution in [0.5, 0.6) is 0 Å². The summed E-state index contributed by atoms with van der Waals surface area (Å²) in [5, 5.41) is 0. The van der Waals surface area contributed by atoms with Crippen molar-refractivity contribution in [2.75, 3.05) is 19.7 Å². The quantitative estimate of drug-likeness (QED) is 0.641. The van der Waals surface area contributed by atoms with Crippen LogP contribution in [0.1, 0.15) is 19.3 Å². The Morgan fingerprint density at radius 2 is 2.08 bits per heavy atom. The van der Waals surface area contributed by atoms with Crippen molar-refractivity contribution < 1.29 is 22.4 Å². The first-order valence-electron chi connectivity index (χ1n) is 4.48. The van der Waals surface area contributed by atoms with Gasteiger partial charge in [-0.1, -0.05) is 0 Å². The summed E-state index contributed by atoms with van der Waals surface area (Å²) < 4.78 is 44.8. The zero-order valence-corrected chi connectivity index (χ0v) is 7.35. The predicted octanol–water partition coefficient (Wildman–Crippen LogP) is 1.96. The van der Waals surface area contributed by atoms with Gasteiger partial charge in [-0.2, -0.15) is 0 Å². The standard InChI is InChI=1S/C7H13BF3O2/c9-8(10,11)6-12-5-7-3-1-2-4-13-7/h7H,1-6H2/q-1. The van der Waals surface area contributed by atoms with Gasteiger partial charge < -0.3 is 22.4 Å². The molecule has 0 bridgehead atoms. The molecule has 1 heterocycles. The lowest BCUT2D eigenvalue weighted by molar-refractivity contribution is -0.0358. The third-order valence-electron chi connectivity index (χ3n) is 1.88. The summed E-state index contributed by atoms with van der Waals surface area (Å²) in [5.74, 6) is 0. The number of hydrogen-bond donors (Lipinski definition) is 0. The Morgan fingerprint density at radius 3 is 2.62 bits per heavy atom. The molecule has 0 N–H and O–H groups in total. The Kier molecular flexibility index (Phi) is 4.06. The normalized spacial score (nSPS) is 24.7. The molecule has 1 aliphatic heterocycles. The fraction of sp³-hybridized carbons (Fsp3) is 1.00. The molecular weight excluding hydrogens is 184 g/mol. The van der Waals surface area contributed by atoms with Crippen LogP contribution >= 0.6 is 0 Å². The van der Waals surface area contributed by atoms with E-state index in [0.717, 1.165) is 19.3 Å². The minimum atomic E-state index is -4.81. The van der Waals surface area contributed by atoms with E-state index in [1.54, 1.807) is 0 Å². The molecule has 1 unspecified atom stereocenters. The lowest BCUT2D eigenvalue weighted by Gasteiger charge is -2.23. The third-order valence-corrected chi connectivity index (χ3v) is 1.88. The number of halogens is 3. The van der Waals surface area contributed by atoms with Gasteiger partial charge in [0.2, 0.25) is 0 Å². The molecule has 0 aromatic carbocycles. The van der Waals surface area contributed by atoms with Crippen molar-refractivity contribution in [2.45, 2.75) is 25.4 Å². The summed E-state index contributed by atoms with van der Waals surface area (Å²) in [7, 11) is 0. The van der Waals surface area contributed by atoms with Gasteiger partial charge in [-0.05, 0) is 19.3 Å². The largest absolute Gasteiger partial charge is 0.503 e. The molecule has 78 valence electrons. The highest BCUT2D eigenvalue weighted by Crippen LogP contribution is 2.14. The molecule has 1 rings (SSSR count). The first-order chi connectivity index (χ1) is 6.08. The minimum Gasteiger partial charge on any atom is -0.447 e. The van der Waals surface area contributed by atoms with Crippen LogP contribution in [0.15, 0.2) is 0 Å². The van der Waals surface area contributed by atoms with Crippen LogP contribution in [0.25, 0.3) is 0 Å². The zero-order chi connectivity index (χ0) is 9.73. The molecule has 0 amide bonds. The molecule has 6 heteroatoms. The van der Waals surface area contributed by atoms with Gasteiger partial charge >= 0.3 is 6.98 Å². The average molecular weight is 197 g/mol. The van der Waals surface area contributed by atoms with Crippen LogP contribution in [0.3, 0.4) is 0 Å².